The zero-order valence-electron chi connectivity index (χ0n) is 10.7. The summed E-state index contributed by atoms with van der Waals surface area (Å²) in [5, 5.41) is 2.89. The van der Waals surface area contributed by atoms with E-state index in [0.29, 0.717) is 38.6 Å². The summed E-state index contributed by atoms with van der Waals surface area (Å²) in [4.78, 5) is 25.4. The number of carbonyl (C=O) groups excluding carboxylic acids is 1. The summed E-state index contributed by atoms with van der Waals surface area (Å²) in [6.07, 6.45) is 1.27. The summed E-state index contributed by atoms with van der Waals surface area (Å²) in [6.45, 7) is 4.28. The van der Waals surface area contributed by atoms with Gasteiger partial charge in [0.05, 0.1) is 6.61 Å². The van der Waals surface area contributed by atoms with Gasteiger partial charge in [0, 0.05) is 26.1 Å². The third kappa shape index (κ3) is 3.92. The minimum atomic E-state index is 0.0325. The average molecular weight is 286 g/mol. The Labute approximate surface area is 116 Å². The van der Waals surface area contributed by atoms with Gasteiger partial charge in [-0.1, -0.05) is 6.92 Å². The molecule has 0 spiro atoms. The normalized spacial score (nSPS) is 15.9. The fourth-order valence-corrected chi connectivity index (χ4v) is 1.84. The molecule has 1 N–H and O–H groups in total. The predicted molar refractivity (Wildman–Crippen MR) is 70.5 cm³/mol. The zero-order chi connectivity index (χ0) is 13.7. The summed E-state index contributed by atoms with van der Waals surface area (Å²) >= 11 is 5.87. The van der Waals surface area contributed by atoms with Gasteiger partial charge in [0.15, 0.2) is 0 Å². The summed E-state index contributed by atoms with van der Waals surface area (Å²) in [5.74, 6) is 0.479. The molecule has 0 aromatic carbocycles. The topological polar surface area (TPSA) is 80.2 Å². The van der Waals surface area contributed by atoms with Crippen LogP contribution in [0.1, 0.15) is 19.8 Å². The molecule has 1 aromatic heterocycles. The van der Waals surface area contributed by atoms with E-state index < -0.39 is 0 Å². The van der Waals surface area contributed by atoms with E-state index in [4.69, 9.17) is 16.3 Å². The van der Waals surface area contributed by atoms with Crippen molar-refractivity contribution in [1.82, 2.24) is 20.3 Å². The highest BCUT2D eigenvalue weighted by Gasteiger charge is 2.17. The van der Waals surface area contributed by atoms with Crippen molar-refractivity contribution < 1.29 is 9.53 Å². The van der Waals surface area contributed by atoms with Crippen molar-refractivity contribution in [3.05, 3.63) is 5.28 Å². The molecule has 1 amide bonds. The number of nitrogens with one attached hydrogen (secondary N) is 1. The van der Waals surface area contributed by atoms with Crippen LogP contribution in [-0.4, -0.2) is 47.1 Å². The van der Waals surface area contributed by atoms with Gasteiger partial charge in [-0.15, -0.1) is 0 Å². The molecule has 0 aliphatic carbocycles. The number of ether oxygens (including phenoxy) is 1. The number of aromatic nitrogens is 3. The molecular weight excluding hydrogens is 270 g/mol. The Morgan fingerprint density at radius 1 is 1.37 bits per heavy atom. The van der Waals surface area contributed by atoms with E-state index in [9.17, 15) is 4.79 Å². The Bertz CT molecular complexity index is 457. The average Bonchev–Trinajstić information content (AvgIpc) is 2.60. The van der Waals surface area contributed by atoms with Crippen LogP contribution in [0.4, 0.5) is 5.95 Å². The molecule has 1 aliphatic heterocycles. The van der Waals surface area contributed by atoms with E-state index in [1.807, 2.05) is 11.8 Å². The number of halogens is 1. The quantitative estimate of drug-likeness (QED) is 0.874. The minimum Gasteiger partial charge on any atom is -0.463 e. The monoisotopic (exact) mass is 285 g/mol. The lowest BCUT2D eigenvalue weighted by Gasteiger charge is -2.19. The maximum absolute atomic E-state index is 11.3. The van der Waals surface area contributed by atoms with Crippen molar-refractivity contribution >= 4 is 23.5 Å². The van der Waals surface area contributed by atoms with Crippen LogP contribution in [0.15, 0.2) is 0 Å². The lowest BCUT2D eigenvalue weighted by Crippen LogP contribution is -2.30. The van der Waals surface area contributed by atoms with Gasteiger partial charge >= 0.3 is 6.01 Å². The summed E-state index contributed by atoms with van der Waals surface area (Å²) in [7, 11) is 0. The van der Waals surface area contributed by atoms with Crippen LogP contribution >= 0.6 is 11.6 Å². The molecule has 0 radical (unpaired) electrons. The number of carbonyl (C=O) groups is 1. The van der Waals surface area contributed by atoms with Crippen LogP contribution in [0.3, 0.4) is 0 Å². The van der Waals surface area contributed by atoms with Crippen LogP contribution in [0.2, 0.25) is 5.28 Å². The van der Waals surface area contributed by atoms with Gasteiger partial charge in [0.25, 0.3) is 0 Å². The highest BCUT2D eigenvalue weighted by atomic mass is 35.5. The summed E-state index contributed by atoms with van der Waals surface area (Å²) in [5.41, 5.74) is 0. The number of rotatable bonds is 4. The highest BCUT2D eigenvalue weighted by Crippen LogP contribution is 2.16. The predicted octanol–water partition coefficient (Wildman–Crippen LogP) is 0.640. The Morgan fingerprint density at radius 3 is 3.00 bits per heavy atom. The van der Waals surface area contributed by atoms with Crippen LogP contribution in [-0.2, 0) is 4.79 Å². The van der Waals surface area contributed by atoms with Crippen LogP contribution in [0.25, 0.3) is 0 Å². The van der Waals surface area contributed by atoms with Crippen molar-refractivity contribution in [2.24, 2.45) is 0 Å². The molecule has 7 nitrogen and oxygen atoms in total. The van der Waals surface area contributed by atoms with E-state index in [-0.39, 0.29) is 17.2 Å². The number of nitrogens with zero attached hydrogens (tertiary/aromatic N) is 4. The van der Waals surface area contributed by atoms with E-state index in [1.165, 1.54) is 0 Å². The van der Waals surface area contributed by atoms with Gasteiger partial charge in [-0.05, 0) is 18.0 Å². The third-order valence-corrected chi connectivity index (χ3v) is 2.78. The van der Waals surface area contributed by atoms with E-state index in [0.717, 1.165) is 6.42 Å². The second-order valence-electron chi connectivity index (χ2n) is 4.12. The molecule has 0 saturated carbocycles. The molecule has 0 bridgehead atoms. The molecule has 104 valence electrons. The van der Waals surface area contributed by atoms with Gasteiger partial charge in [-0.3, -0.25) is 4.79 Å². The molecule has 2 rings (SSSR count). The standard InChI is InChI=1S/C11H16ClN5O2/c1-2-7-19-11-15-9(12)14-10(16-11)17-5-3-8(18)13-4-6-17/h2-7H2,1H3,(H,13,18). The largest absolute Gasteiger partial charge is 0.463 e. The molecular formula is C11H16ClN5O2. The highest BCUT2D eigenvalue weighted by molar-refractivity contribution is 6.28. The van der Waals surface area contributed by atoms with Gasteiger partial charge < -0.3 is 15.0 Å². The molecule has 1 fully saturated rings. The van der Waals surface area contributed by atoms with E-state index in [1.54, 1.807) is 0 Å². The van der Waals surface area contributed by atoms with E-state index in [2.05, 4.69) is 20.3 Å². The number of hydrogen-bond donors (Lipinski definition) is 1. The third-order valence-electron chi connectivity index (χ3n) is 2.61. The number of hydrogen-bond acceptors (Lipinski definition) is 6. The summed E-state index contributed by atoms with van der Waals surface area (Å²) in [6, 6.07) is 0.223. The fraction of sp³-hybridized carbons (Fsp3) is 0.636. The first kappa shape index (κ1) is 13.8. The number of amides is 1. The first-order valence-electron chi connectivity index (χ1n) is 6.25. The Hall–Kier alpha value is -1.63. The Kier molecular flexibility index (Phi) is 4.73. The van der Waals surface area contributed by atoms with Gasteiger partial charge in [-0.25, -0.2) is 0 Å². The Morgan fingerprint density at radius 2 is 2.21 bits per heavy atom. The summed E-state index contributed by atoms with van der Waals surface area (Å²) < 4.78 is 5.36. The van der Waals surface area contributed by atoms with Gasteiger partial charge in [-0.2, -0.15) is 15.0 Å². The molecule has 1 aliphatic rings. The maximum Gasteiger partial charge on any atom is 0.322 e. The number of anilines is 1. The zero-order valence-corrected chi connectivity index (χ0v) is 11.5. The smallest absolute Gasteiger partial charge is 0.322 e. The SMILES string of the molecule is CCCOc1nc(Cl)nc(N2CCNC(=O)CC2)n1. The van der Waals surface area contributed by atoms with Gasteiger partial charge in [0.1, 0.15) is 0 Å². The van der Waals surface area contributed by atoms with Crippen molar-refractivity contribution in [3.8, 4) is 6.01 Å². The van der Waals surface area contributed by atoms with Crippen LogP contribution in [0, 0.1) is 0 Å². The fourth-order valence-electron chi connectivity index (χ4n) is 1.69. The molecule has 8 heteroatoms. The first-order valence-corrected chi connectivity index (χ1v) is 6.63. The molecule has 1 saturated heterocycles. The van der Waals surface area contributed by atoms with Crippen molar-refractivity contribution in [2.45, 2.75) is 19.8 Å². The lowest BCUT2D eigenvalue weighted by atomic mass is 10.4. The molecule has 0 unspecified atom stereocenters. The van der Waals surface area contributed by atoms with Crippen LogP contribution in [0.5, 0.6) is 6.01 Å². The molecule has 19 heavy (non-hydrogen) atoms. The molecule has 2 heterocycles. The first-order chi connectivity index (χ1) is 9.19. The minimum absolute atomic E-state index is 0.0325. The Balaban J connectivity index is 2.13. The van der Waals surface area contributed by atoms with Crippen molar-refractivity contribution in [3.63, 3.8) is 0 Å². The molecule has 0 atom stereocenters. The molecule has 1 aromatic rings. The van der Waals surface area contributed by atoms with Crippen LogP contribution < -0.4 is 15.0 Å². The maximum atomic E-state index is 11.3. The second kappa shape index (κ2) is 6.51. The van der Waals surface area contributed by atoms with Crippen molar-refractivity contribution in [1.29, 1.82) is 0 Å². The van der Waals surface area contributed by atoms with Crippen molar-refractivity contribution in [2.75, 3.05) is 31.1 Å². The second-order valence-corrected chi connectivity index (χ2v) is 4.46. The van der Waals surface area contributed by atoms with E-state index >= 15 is 0 Å². The lowest BCUT2D eigenvalue weighted by molar-refractivity contribution is -0.120. The van der Waals surface area contributed by atoms with Gasteiger partial charge in [0.2, 0.25) is 17.1 Å².